The van der Waals surface area contributed by atoms with Gasteiger partial charge in [0.1, 0.15) is 5.01 Å². The molecule has 1 amide bonds. The molecule has 3 rings (SSSR count). The maximum atomic E-state index is 12.8. The number of aryl methyl sites for hydroxylation is 2. The molecule has 1 aliphatic heterocycles. The minimum absolute atomic E-state index is 0.143. The molecule has 130 valence electrons. The molecule has 24 heavy (non-hydrogen) atoms. The lowest BCUT2D eigenvalue weighted by Crippen LogP contribution is -2.49. The summed E-state index contributed by atoms with van der Waals surface area (Å²) in [5.41, 5.74) is 1.09. The van der Waals surface area contributed by atoms with E-state index in [4.69, 9.17) is 9.15 Å². The van der Waals surface area contributed by atoms with Crippen LogP contribution in [0.5, 0.6) is 0 Å². The highest BCUT2D eigenvalue weighted by Crippen LogP contribution is 2.34. The van der Waals surface area contributed by atoms with Crippen LogP contribution < -0.4 is 5.32 Å². The Balaban J connectivity index is 1.89. The Labute approximate surface area is 145 Å². The Morgan fingerprint density at radius 1 is 1.29 bits per heavy atom. The first-order valence-corrected chi connectivity index (χ1v) is 9.09. The second-order valence-corrected chi connectivity index (χ2v) is 7.42. The van der Waals surface area contributed by atoms with Crippen molar-refractivity contribution < 1.29 is 13.9 Å². The number of hydrogen-bond donors (Lipinski definition) is 1. The van der Waals surface area contributed by atoms with Gasteiger partial charge in [0.05, 0.1) is 11.2 Å². The Hall–Kier alpha value is -1.73. The molecule has 1 aliphatic rings. The molecule has 1 fully saturated rings. The van der Waals surface area contributed by atoms with Gasteiger partial charge in [-0.2, -0.15) is 0 Å². The van der Waals surface area contributed by atoms with Crippen molar-refractivity contribution in [1.29, 1.82) is 0 Å². The third-order valence-corrected chi connectivity index (χ3v) is 5.41. The van der Waals surface area contributed by atoms with Crippen LogP contribution in [-0.4, -0.2) is 29.1 Å². The van der Waals surface area contributed by atoms with E-state index >= 15 is 0 Å². The maximum Gasteiger partial charge on any atom is 0.289 e. The van der Waals surface area contributed by atoms with Crippen LogP contribution in [0, 0.1) is 13.8 Å². The van der Waals surface area contributed by atoms with E-state index in [2.05, 4.69) is 15.3 Å². The zero-order valence-electron chi connectivity index (χ0n) is 14.5. The fourth-order valence-corrected chi connectivity index (χ4v) is 3.85. The third-order valence-electron chi connectivity index (χ3n) is 4.24. The highest BCUT2D eigenvalue weighted by Gasteiger charge is 2.39. The first-order valence-electron chi connectivity index (χ1n) is 8.21. The second kappa shape index (κ2) is 6.64. The number of carbonyl (C=O) groups excluding carboxylic acids is 1. The minimum atomic E-state index is -0.495. The summed E-state index contributed by atoms with van der Waals surface area (Å²) in [4.78, 5) is 21.8. The van der Waals surface area contributed by atoms with Gasteiger partial charge in [-0.3, -0.25) is 4.79 Å². The molecule has 0 bridgehead atoms. The monoisotopic (exact) mass is 349 g/mol. The van der Waals surface area contributed by atoms with E-state index in [0.29, 0.717) is 37.6 Å². The van der Waals surface area contributed by atoms with Gasteiger partial charge in [0, 0.05) is 43.0 Å². The van der Waals surface area contributed by atoms with E-state index in [1.165, 1.54) is 0 Å². The lowest BCUT2D eigenvalue weighted by Gasteiger charge is -2.36. The predicted octanol–water partition coefficient (Wildman–Crippen LogP) is 3.31. The Kier molecular flexibility index (Phi) is 4.73. The zero-order chi connectivity index (χ0) is 17.3. The van der Waals surface area contributed by atoms with Gasteiger partial charge < -0.3 is 14.5 Å². The van der Waals surface area contributed by atoms with Crippen LogP contribution in [0.2, 0.25) is 0 Å². The van der Waals surface area contributed by atoms with Crippen LogP contribution in [-0.2, 0) is 10.3 Å². The quantitative estimate of drug-likeness (QED) is 0.916. The largest absolute Gasteiger partial charge is 0.435 e. The van der Waals surface area contributed by atoms with Crippen molar-refractivity contribution in [2.24, 2.45) is 0 Å². The normalized spacial score (nSPS) is 17.2. The summed E-state index contributed by atoms with van der Waals surface area (Å²) in [6.45, 7) is 8.95. The Bertz CT molecular complexity index is 729. The van der Waals surface area contributed by atoms with Crippen LogP contribution in [0.15, 0.2) is 9.80 Å². The van der Waals surface area contributed by atoms with E-state index in [0.717, 1.165) is 10.7 Å². The number of amides is 1. The van der Waals surface area contributed by atoms with Crippen LogP contribution in [0.3, 0.4) is 0 Å². The fourth-order valence-electron chi connectivity index (χ4n) is 2.83. The molecule has 0 unspecified atom stereocenters. The molecule has 7 heteroatoms. The van der Waals surface area contributed by atoms with Crippen molar-refractivity contribution >= 4 is 17.2 Å². The molecule has 0 radical (unpaired) electrons. The Morgan fingerprint density at radius 3 is 2.54 bits per heavy atom. The molecule has 2 aromatic rings. The topological polar surface area (TPSA) is 77.2 Å². The van der Waals surface area contributed by atoms with E-state index in [9.17, 15) is 4.79 Å². The maximum absolute atomic E-state index is 12.8. The standard InChI is InChI=1S/C17H23N3O3S/c1-10(2)15-19-12(4)13(23-15)14(21)20-17(5-7-22-8-6-17)16-18-11(3)9-24-16/h9-10H,5-8H2,1-4H3,(H,20,21). The molecular weight excluding hydrogens is 326 g/mol. The molecule has 3 heterocycles. The summed E-state index contributed by atoms with van der Waals surface area (Å²) in [6.07, 6.45) is 1.41. The Morgan fingerprint density at radius 2 is 2.00 bits per heavy atom. The van der Waals surface area contributed by atoms with Gasteiger partial charge in [-0.25, -0.2) is 9.97 Å². The highest BCUT2D eigenvalue weighted by atomic mass is 32.1. The van der Waals surface area contributed by atoms with Crippen molar-refractivity contribution in [2.45, 2.75) is 52.0 Å². The molecule has 0 spiro atoms. The van der Waals surface area contributed by atoms with Crippen molar-refractivity contribution in [3.63, 3.8) is 0 Å². The third kappa shape index (κ3) is 3.23. The molecular formula is C17H23N3O3S. The SMILES string of the molecule is Cc1csc(C2(NC(=O)c3oc(C(C)C)nc3C)CCOCC2)n1. The number of hydrogen-bond acceptors (Lipinski definition) is 6. The van der Waals surface area contributed by atoms with Crippen molar-refractivity contribution in [2.75, 3.05) is 13.2 Å². The minimum Gasteiger partial charge on any atom is -0.435 e. The first-order chi connectivity index (χ1) is 11.4. The first kappa shape index (κ1) is 17.1. The molecule has 0 aliphatic carbocycles. The van der Waals surface area contributed by atoms with E-state index in [-0.39, 0.29) is 17.6 Å². The van der Waals surface area contributed by atoms with E-state index in [1.54, 1.807) is 18.3 Å². The highest BCUT2D eigenvalue weighted by molar-refractivity contribution is 7.09. The van der Waals surface area contributed by atoms with Crippen LogP contribution in [0.25, 0.3) is 0 Å². The molecule has 0 saturated carbocycles. The van der Waals surface area contributed by atoms with Gasteiger partial charge in [-0.05, 0) is 13.8 Å². The number of carbonyl (C=O) groups is 1. The van der Waals surface area contributed by atoms with Gasteiger partial charge in [0.2, 0.25) is 5.76 Å². The van der Waals surface area contributed by atoms with Gasteiger partial charge in [0.25, 0.3) is 5.91 Å². The summed E-state index contributed by atoms with van der Waals surface area (Å²) in [6, 6.07) is 0. The molecule has 6 nitrogen and oxygen atoms in total. The number of nitrogens with zero attached hydrogens (tertiary/aromatic N) is 2. The van der Waals surface area contributed by atoms with Crippen molar-refractivity contribution in [1.82, 2.24) is 15.3 Å². The average molecular weight is 349 g/mol. The number of thiazole rings is 1. The molecule has 2 aromatic heterocycles. The fraction of sp³-hybridized carbons (Fsp3) is 0.588. The second-order valence-electron chi connectivity index (χ2n) is 6.56. The van der Waals surface area contributed by atoms with E-state index in [1.807, 2.05) is 26.2 Å². The molecule has 1 saturated heterocycles. The summed E-state index contributed by atoms with van der Waals surface area (Å²) in [5, 5.41) is 6.10. The molecule has 0 atom stereocenters. The van der Waals surface area contributed by atoms with Gasteiger partial charge in [-0.1, -0.05) is 13.8 Å². The van der Waals surface area contributed by atoms with Gasteiger partial charge in [-0.15, -0.1) is 11.3 Å². The van der Waals surface area contributed by atoms with Crippen LogP contribution in [0.1, 0.15) is 65.4 Å². The van der Waals surface area contributed by atoms with Crippen molar-refractivity contribution in [3.05, 3.63) is 33.4 Å². The average Bonchev–Trinajstić information content (AvgIpc) is 3.14. The number of ether oxygens (including phenoxy) is 1. The van der Waals surface area contributed by atoms with E-state index < -0.39 is 5.54 Å². The summed E-state index contributed by atoms with van der Waals surface area (Å²) >= 11 is 1.58. The van der Waals surface area contributed by atoms with Crippen LogP contribution in [0.4, 0.5) is 0 Å². The predicted molar refractivity (Wildman–Crippen MR) is 91.4 cm³/mol. The lowest BCUT2D eigenvalue weighted by atomic mass is 9.90. The lowest BCUT2D eigenvalue weighted by molar-refractivity contribution is 0.0336. The molecule has 0 aromatic carbocycles. The summed E-state index contributed by atoms with van der Waals surface area (Å²) in [5.74, 6) is 0.784. The zero-order valence-corrected chi connectivity index (χ0v) is 15.3. The van der Waals surface area contributed by atoms with Gasteiger partial charge in [0.15, 0.2) is 5.89 Å². The smallest absolute Gasteiger partial charge is 0.289 e. The summed E-state index contributed by atoms with van der Waals surface area (Å²) < 4.78 is 11.2. The number of aromatic nitrogens is 2. The van der Waals surface area contributed by atoms with Gasteiger partial charge >= 0.3 is 0 Å². The van der Waals surface area contributed by atoms with Crippen LogP contribution >= 0.6 is 11.3 Å². The summed E-state index contributed by atoms with van der Waals surface area (Å²) in [7, 11) is 0. The van der Waals surface area contributed by atoms with Crippen molar-refractivity contribution in [3.8, 4) is 0 Å². The number of rotatable bonds is 4. The number of nitrogens with one attached hydrogen (secondary N) is 1. The number of oxazole rings is 1. The molecule has 1 N–H and O–H groups in total.